The maximum Gasteiger partial charge on any atom is 0.328 e. The number of carboxylic acids is 1. The second-order valence-electron chi connectivity index (χ2n) is 5.48. The number of carboxylic acid groups (broad SMARTS) is 1. The maximum absolute atomic E-state index is 12.9. The summed E-state index contributed by atoms with van der Waals surface area (Å²) in [5.41, 5.74) is 5.61. The molecule has 132 valence electrons. The second-order valence-corrected chi connectivity index (χ2v) is 5.48. The number of amides is 3. The zero-order chi connectivity index (χ0) is 18.4. The Morgan fingerprint density at radius 3 is 2.20 bits per heavy atom. The molecule has 0 saturated heterocycles. The number of carbonyl (C=O) groups excluding carboxylic acids is 3. The van der Waals surface area contributed by atoms with E-state index in [4.69, 9.17) is 5.73 Å². The van der Waals surface area contributed by atoms with Crippen LogP contribution >= 0.6 is 0 Å². The van der Waals surface area contributed by atoms with Gasteiger partial charge in [0.1, 0.15) is 0 Å². The van der Waals surface area contributed by atoms with Crippen molar-refractivity contribution in [3.63, 3.8) is 0 Å². The first-order chi connectivity index (χ1) is 12.0. The van der Waals surface area contributed by atoms with Gasteiger partial charge >= 0.3 is 5.97 Å². The Balaban J connectivity index is 2.40. The van der Waals surface area contributed by atoms with Crippen molar-refractivity contribution >= 4 is 23.7 Å². The molecule has 1 aliphatic heterocycles. The number of hydrazine groups is 1. The van der Waals surface area contributed by atoms with Gasteiger partial charge in [0.05, 0.1) is 0 Å². The van der Waals surface area contributed by atoms with E-state index in [2.05, 4.69) is 0 Å². The molecular weight excluding hydrogens is 326 g/mol. The van der Waals surface area contributed by atoms with Crippen molar-refractivity contribution in [2.45, 2.75) is 25.3 Å². The zero-order valence-corrected chi connectivity index (χ0v) is 13.5. The molecule has 0 bridgehead atoms. The number of nitrogens with two attached hydrogens (primary N) is 1. The van der Waals surface area contributed by atoms with E-state index < -0.39 is 29.7 Å². The van der Waals surface area contributed by atoms with E-state index in [1.54, 1.807) is 18.2 Å². The van der Waals surface area contributed by atoms with Crippen LogP contribution in [0.3, 0.4) is 0 Å². The van der Waals surface area contributed by atoms with Crippen LogP contribution in [0.1, 0.15) is 29.6 Å². The molecule has 1 aromatic rings. The molecule has 1 atom stereocenters. The Morgan fingerprint density at radius 1 is 1.08 bits per heavy atom. The number of hydrogen-bond acceptors (Lipinski definition) is 5. The summed E-state index contributed by atoms with van der Waals surface area (Å²) in [7, 11) is 0. The van der Waals surface area contributed by atoms with Gasteiger partial charge in [-0.1, -0.05) is 18.2 Å². The van der Waals surface area contributed by atoms with Gasteiger partial charge in [-0.15, -0.1) is 0 Å². The summed E-state index contributed by atoms with van der Waals surface area (Å²) in [6, 6.07) is 6.56. The molecule has 3 amide bonds. The number of hydrogen-bond donors (Lipinski definition) is 2. The topological polar surface area (TPSA) is 121 Å². The van der Waals surface area contributed by atoms with Crippen molar-refractivity contribution < 1.29 is 24.3 Å². The van der Waals surface area contributed by atoms with E-state index in [-0.39, 0.29) is 12.0 Å². The predicted octanol–water partition coefficient (Wildman–Crippen LogP) is 0.551. The van der Waals surface area contributed by atoms with Crippen molar-refractivity contribution in [2.75, 3.05) is 6.54 Å². The third-order valence-corrected chi connectivity index (χ3v) is 3.74. The molecule has 0 fully saturated rings. The average Bonchev–Trinajstić information content (AvgIpc) is 2.93. The molecule has 1 aromatic carbocycles. The van der Waals surface area contributed by atoms with Gasteiger partial charge in [-0.05, 0) is 37.9 Å². The van der Waals surface area contributed by atoms with Crippen molar-refractivity contribution in [2.24, 2.45) is 5.73 Å². The lowest BCUT2D eigenvalue weighted by molar-refractivity contribution is -0.161. The highest BCUT2D eigenvalue weighted by Crippen LogP contribution is 2.20. The third-order valence-electron chi connectivity index (χ3n) is 3.74. The Kier molecular flexibility index (Phi) is 6.02. The van der Waals surface area contributed by atoms with Gasteiger partial charge in [0.2, 0.25) is 0 Å². The first kappa shape index (κ1) is 18.3. The Morgan fingerprint density at radius 2 is 1.68 bits per heavy atom. The number of unbranched alkanes of at least 4 members (excludes halogenated alkanes) is 1. The number of rotatable bonds is 8. The van der Waals surface area contributed by atoms with Crippen LogP contribution in [0.25, 0.3) is 0 Å². The number of nitrogens with zero attached hydrogens (tertiary/aromatic N) is 2. The molecule has 2 rings (SSSR count). The summed E-state index contributed by atoms with van der Waals surface area (Å²) >= 11 is 0. The van der Waals surface area contributed by atoms with Crippen LogP contribution in [0, 0.1) is 0 Å². The highest BCUT2D eigenvalue weighted by atomic mass is 16.4. The third kappa shape index (κ3) is 4.10. The first-order valence-electron chi connectivity index (χ1n) is 7.85. The minimum atomic E-state index is -1.35. The van der Waals surface area contributed by atoms with Crippen molar-refractivity contribution in [1.82, 2.24) is 10.0 Å². The molecule has 0 aliphatic carbocycles. The highest BCUT2D eigenvalue weighted by molar-refractivity contribution is 6.14. The zero-order valence-electron chi connectivity index (χ0n) is 13.5. The van der Waals surface area contributed by atoms with Crippen LogP contribution in [0.2, 0.25) is 0 Å². The van der Waals surface area contributed by atoms with Crippen LogP contribution in [0.5, 0.6) is 0 Å². The fourth-order valence-electron chi connectivity index (χ4n) is 2.52. The van der Waals surface area contributed by atoms with Crippen LogP contribution < -0.4 is 5.73 Å². The Hall–Kier alpha value is -3.00. The normalized spacial score (nSPS) is 14.7. The van der Waals surface area contributed by atoms with Gasteiger partial charge in [-0.25, -0.2) is 9.80 Å². The summed E-state index contributed by atoms with van der Waals surface area (Å²) in [5.74, 6) is -3.53. The number of aliphatic carboxylic acids is 1. The standard InChI is InChI=1S/C17H19N3O5/c18-11-5-4-8-13(17(24)25)19(20-14(21)9-10-15(20)22)16(23)12-6-2-1-3-7-12/h1-3,6-7,9-10,13H,4-5,8,11,18H2,(H,24,25)/t13-/m0/s1. The van der Waals surface area contributed by atoms with E-state index in [9.17, 15) is 24.3 Å². The average molecular weight is 345 g/mol. The van der Waals surface area contributed by atoms with Gasteiger partial charge in [0, 0.05) is 17.7 Å². The summed E-state index contributed by atoms with van der Waals surface area (Å²) in [6.07, 6.45) is 3.09. The quantitative estimate of drug-likeness (QED) is 0.524. The van der Waals surface area contributed by atoms with Gasteiger partial charge in [0.25, 0.3) is 17.7 Å². The largest absolute Gasteiger partial charge is 0.480 e. The smallest absolute Gasteiger partial charge is 0.328 e. The number of carbonyl (C=O) groups is 4. The summed E-state index contributed by atoms with van der Waals surface area (Å²) in [5, 5.41) is 10.9. The van der Waals surface area contributed by atoms with E-state index >= 15 is 0 Å². The van der Waals surface area contributed by atoms with E-state index in [1.165, 1.54) is 12.1 Å². The molecule has 0 radical (unpaired) electrons. The van der Waals surface area contributed by atoms with Crippen LogP contribution in [0.4, 0.5) is 0 Å². The fourth-order valence-corrected chi connectivity index (χ4v) is 2.52. The molecule has 8 heteroatoms. The van der Waals surface area contributed by atoms with E-state index in [1.807, 2.05) is 0 Å². The molecule has 8 nitrogen and oxygen atoms in total. The molecular formula is C17H19N3O5. The summed E-state index contributed by atoms with van der Waals surface area (Å²) in [6.45, 7) is 0.377. The lowest BCUT2D eigenvalue weighted by Gasteiger charge is -2.34. The number of benzene rings is 1. The van der Waals surface area contributed by atoms with Crippen molar-refractivity contribution in [3.05, 3.63) is 48.0 Å². The van der Waals surface area contributed by atoms with Gasteiger partial charge in [0.15, 0.2) is 6.04 Å². The summed E-state index contributed by atoms with van der Waals surface area (Å²) in [4.78, 5) is 48.7. The fraction of sp³-hybridized carbons (Fsp3) is 0.294. The lowest BCUT2D eigenvalue weighted by atomic mass is 10.1. The molecule has 0 saturated carbocycles. The van der Waals surface area contributed by atoms with Crippen LogP contribution in [0.15, 0.2) is 42.5 Å². The van der Waals surface area contributed by atoms with Gasteiger partial charge in [-0.3, -0.25) is 14.4 Å². The van der Waals surface area contributed by atoms with E-state index in [0.717, 1.165) is 17.2 Å². The minimum Gasteiger partial charge on any atom is -0.480 e. The summed E-state index contributed by atoms with van der Waals surface area (Å²) < 4.78 is 0. The molecule has 0 unspecified atom stereocenters. The maximum atomic E-state index is 12.9. The van der Waals surface area contributed by atoms with Crippen molar-refractivity contribution in [1.29, 1.82) is 0 Å². The molecule has 3 N–H and O–H groups in total. The Labute approximate surface area is 144 Å². The molecule has 0 aromatic heterocycles. The second kappa shape index (κ2) is 8.20. The van der Waals surface area contributed by atoms with Gasteiger partial charge in [-0.2, -0.15) is 5.01 Å². The first-order valence-corrected chi connectivity index (χ1v) is 7.85. The minimum absolute atomic E-state index is 0.0716. The number of imide groups is 1. The van der Waals surface area contributed by atoms with Crippen LogP contribution in [-0.4, -0.2) is 51.4 Å². The molecule has 0 spiro atoms. The highest BCUT2D eigenvalue weighted by Gasteiger charge is 2.40. The molecule has 1 aliphatic rings. The Bertz CT molecular complexity index is 683. The molecule has 1 heterocycles. The predicted molar refractivity (Wildman–Crippen MR) is 87.9 cm³/mol. The SMILES string of the molecule is NCCCC[C@@H](C(=O)O)N(C(=O)c1ccccc1)N1C(=O)C=CC1=O. The van der Waals surface area contributed by atoms with Crippen LogP contribution in [-0.2, 0) is 14.4 Å². The van der Waals surface area contributed by atoms with E-state index in [0.29, 0.717) is 24.4 Å². The van der Waals surface area contributed by atoms with Gasteiger partial charge < -0.3 is 10.8 Å². The monoisotopic (exact) mass is 345 g/mol. The lowest BCUT2D eigenvalue weighted by Crippen LogP contribution is -2.57. The molecule has 25 heavy (non-hydrogen) atoms. The van der Waals surface area contributed by atoms with Crippen molar-refractivity contribution in [3.8, 4) is 0 Å².